The van der Waals surface area contributed by atoms with Crippen LogP contribution in [0.3, 0.4) is 0 Å². The van der Waals surface area contributed by atoms with Gasteiger partial charge in [-0.2, -0.15) is 5.26 Å². The highest BCUT2D eigenvalue weighted by Crippen LogP contribution is 2.22. The lowest BCUT2D eigenvalue weighted by molar-refractivity contribution is 0.132. The van der Waals surface area contributed by atoms with Crippen molar-refractivity contribution in [1.82, 2.24) is 0 Å². The maximum atomic E-state index is 9.93. The van der Waals surface area contributed by atoms with Crippen molar-refractivity contribution in [1.29, 1.82) is 5.26 Å². The number of benzene rings is 1. The third-order valence-electron chi connectivity index (χ3n) is 2.67. The van der Waals surface area contributed by atoms with Gasteiger partial charge in [-0.1, -0.05) is 26.8 Å². The quantitative estimate of drug-likeness (QED) is 0.858. The molecule has 18 heavy (non-hydrogen) atoms. The smallest absolute Gasteiger partial charge is 0.101 e. The summed E-state index contributed by atoms with van der Waals surface area (Å²) in [7, 11) is 0. The SMILES string of the molecule is Cc1ccc(C#N)c(NCC(O)CC(C)(C)C)c1. The second kappa shape index (κ2) is 5.88. The van der Waals surface area contributed by atoms with E-state index >= 15 is 0 Å². The number of aryl methyl sites for hydroxylation is 1. The van der Waals surface area contributed by atoms with Gasteiger partial charge in [-0.15, -0.1) is 0 Å². The molecule has 1 aromatic carbocycles. The van der Waals surface area contributed by atoms with Gasteiger partial charge >= 0.3 is 0 Å². The van der Waals surface area contributed by atoms with Crippen molar-refractivity contribution in [2.75, 3.05) is 11.9 Å². The molecule has 1 atom stereocenters. The Morgan fingerprint density at radius 2 is 2.06 bits per heavy atom. The Morgan fingerprint density at radius 1 is 1.39 bits per heavy atom. The lowest BCUT2D eigenvalue weighted by atomic mass is 9.89. The lowest BCUT2D eigenvalue weighted by Gasteiger charge is -2.23. The maximum Gasteiger partial charge on any atom is 0.101 e. The lowest BCUT2D eigenvalue weighted by Crippen LogP contribution is -2.25. The first-order valence-electron chi connectivity index (χ1n) is 6.24. The van der Waals surface area contributed by atoms with E-state index in [4.69, 9.17) is 5.26 Å². The number of aliphatic hydroxyl groups excluding tert-OH is 1. The van der Waals surface area contributed by atoms with Crippen molar-refractivity contribution in [3.05, 3.63) is 29.3 Å². The number of nitrogens with zero attached hydrogens (tertiary/aromatic N) is 1. The van der Waals surface area contributed by atoms with Crippen LogP contribution in [0.25, 0.3) is 0 Å². The Labute approximate surface area is 109 Å². The average molecular weight is 246 g/mol. The fraction of sp³-hybridized carbons (Fsp3) is 0.533. The minimum Gasteiger partial charge on any atom is -0.391 e. The first kappa shape index (κ1) is 14.5. The molecule has 1 aromatic rings. The first-order valence-corrected chi connectivity index (χ1v) is 6.24. The van der Waals surface area contributed by atoms with Gasteiger partial charge in [-0.05, 0) is 36.5 Å². The summed E-state index contributed by atoms with van der Waals surface area (Å²) in [5.41, 5.74) is 2.61. The van der Waals surface area contributed by atoms with E-state index in [1.807, 2.05) is 19.1 Å². The second-order valence-electron chi connectivity index (χ2n) is 5.96. The van der Waals surface area contributed by atoms with Crippen LogP contribution in [0.15, 0.2) is 18.2 Å². The molecule has 0 aliphatic rings. The Hall–Kier alpha value is -1.53. The standard InChI is InChI=1S/C15H22N2O/c1-11-5-6-12(9-16)14(7-11)17-10-13(18)8-15(2,3)4/h5-7,13,17-18H,8,10H2,1-4H3. The highest BCUT2D eigenvalue weighted by molar-refractivity contribution is 5.58. The fourth-order valence-corrected chi connectivity index (χ4v) is 1.91. The van der Waals surface area contributed by atoms with Crippen LogP contribution in [0.2, 0.25) is 0 Å². The van der Waals surface area contributed by atoms with Crippen molar-refractivity contribution in [3.63, 3.8) is 0 Å². The number of nitrogens with one attached hydrogen (secondary N) is 1. The van der Waals surface area contributed by atoms with Gasteiger partial charge in [0.15, 0.2) is 0 Å². The first-order chi connectivity index (χ1) is 8.31. The zero-order valence-corrected chi connectivity index (χ0v) is 11.6. The van der Waals surface area contributed by atoms with E-state index in [-0.39, 0.29) is 5.41 Å². The van der Waals surface area contributed by atoms with E-state index < -0.39 is 6.10 Å². The molecule has 0 saturated heterocycles. The summed E-state index contributed by atoms with van der Waals surface area (Å²) in [4.78, 5) is 0. The normalized spacial score (nSPS) is 12.9. The number of aliphatic hydroxyl groups is 1. The zero-order chi connectivity index (χ0) is 13.8. The van der Waals surface area contributed by atoms with E-state index in [1.54, 1.807) is 6.07 Å². The van der Waals surface area contributed by atoms with Gasteiger partial charge in [0.25, 0.3) is 0 Å². The van der Waals surface area contributed by atoms with Gasteiger partial charge in [0.05, 0.1) is 17.4 Å². The second-order valence-corrected chi connectivity index (χ2v) is 5.96. The largest absolute Gasteiger partial charge is 0.391 e. The van der Waals surface area contributed by atoms with Crippen LogP contribution < -0.4 is 5.32 Å². The monoisotopic (exact) mass is 246 g/mol. The van der Waals surface area contributed by atoms with E-state index in [1.165, 1.54) is 0 Å². The van der Waals surface area contributed by atoms with Crippen molar-refractivity contribution >= 4 is 5.69 Å². The molecular weight excluding hydrogens is 224 g/mol. The molecule has 0 spiro atoms. The van der Waals surface area contributed by atoms with Crippen LogP contribution in [0, 0.1) is 23.7 Å². The minimum absolute atomic E-state index is 0.103. The van der Waals surface area contributed by atoms with E-state index in [9.17, 15) is 5.11 Å². The van der Waals surface area contributed by atoms with Crippen molar-refractivity contribution in [2.45, 2.75) is 40.2 Å². The van der Waals surface area contributed by atoms with Crippen LogP contribution in [0.5, 0.6) is 0 Å². The summed E-state index contributed by atoms with van der Waals surface area (Å²) in [5.74, 6) is 0. The zero-order valence-electron chi connectivity index (χ0n) is 11.6. The van der Waals surface area contributed by atoms with Gasteiger partial charge in [-0.3, -0.25) is 0 Å². The molecule has 0 amide bonds. The Bertz CT molecular complexity index is 441. The van der Waals surface area contributed by atoms with Crippen LogP contribution in [-0.4, -0.2) is 17.8 Å². The Balaban J connectivity index is 2.64. The topological polar surface area (TPSA) is 56.0 Å². The number of nitriles is 1. The van der Waals surface area contributed by atoms with Crippen LogP contribution in [0.4, 0.5) is 5.69 Å². The van der Waals surface area contributed by atoms with Crippen molar-refractivity contribution in [2.24, 2.45) is 5.41 Å². The fourth-order valence-electron chi connectivity index (χ4n) is 1.91. The van der Waals surface area contributed by atoms with Gasteiger partial charge in [-0.25, -0.2) is 0 Å². The van der Waals surface area contributed by atoms with Crippen molar-refractivity contribution in [3.8, 4) is 6.07 Å². The molecule has 0 heterocycles. The molecule has 1 unspecified atom stereocenters. The Kier molecular flexibility index (Phi) is 4.75. The van der Waals surface area contributed by atoms with Crippen LogP contribution >= 0.6 is 0 Å². The highest BCUT2D eigenvalue weighted by atomic mass is 16.3. The molecule has 0 bridgehead atoms. The summed E-state index contributed by atoms with van der Waals surface area (Å²) in [6, 6.07) is 7.79. The summed E-state index contributed by atoms with van der Waals surface area (Å²) >= 11 is 0. The molecule has 3 nitrogen and oxygen atoms in total. The number of rotatable bonds is 4. The predicted octanol–water partition coefficient (Wildman–Crippen LogP) is 3.08. The summed E-state index contributed by atoms with van der Waals surface area (Å²) in [6.45, 7) is 8.75. The van der Waals surface area contributed by atoms with Gasteiger partial charge in [0.2, 0.25) is 0 Å². The van der Waals surface area contributed by atoms with Gasteiger partial charge in [0, 0.05) is 6.54 Å². The molecular formula is C15H22N2O. The summed E-state index contributed by atoms with van der Waals surface area (Å²) in [6.07, 6.45) is 0.324. The third kappa shape index (κ3) is 4.77. The molecule has 0 saturated carbocycles. The van der Waals surface area contributed by atoms with Crippen molar-refractivity contribution < 1.29 is 5.11 Å². The summed E-state index contributed by atoms with van der Waals surface area (Å²) in [5, 5.41) is 22.1. The van der Waals surface area contributed by atoms with E-state index in [2.05, 4.69) is 32.2 Å². The molecule has 98 valence electrons. The number of hydrogen-bond donors (Lipinski definition) is 2. The molecule has 1 rings (SSSR count). The van der Waals surface area contributed by atoms with E-state index in [0.29, 0.717) is 12.1 Å². The third-order valence-corrected chi connectivity index (χ3v) is 2.67. The van der Waals surface area contributed by atoms with Crippen LogP contribution in [0.1, 0.15) is 38.3 Å². The molecule has 0 aliphatic carbocycles. The van der Waals surface area contributed by atoms with Gasteiger partial charge < -0.3 is 10.4 Å². The van der Waals surface area contributed by atoms with Gasteiger partial charge in [0.1, 0.15) is 6.07 Å². The maximum absolute atomic E-state index is 9.93. The van der Waals surface area contributed by atoms with Crippen LogP contribution in [-0.2, 0) is 0 Å². The number of hydrogen-bond acceptors (Lipinski definition) is 3. The highest BCUT2D eigenvalue weighted by Gasteiger charge is 2.16. The molecule has 0 radical (unpaired) electrons. The molecule has 3 heteroatoms. The molecule has 0 fully saturated rings. The molecule has 2 N–H and O–H groups in total. The molecule has 0 aliphatic heterocycles. The number of anilines is 1. The predicted molar refractivity (Wildman–Crippen MR) is 74.5 cm³/mol. The molecule has 0 aromatic heterocycles. The summed E-state index contributed by atoms with van der Waals surface area (Å²) < 4.78 is 0. The Morgan fingerprint density at radius 3 is 2.61 bits per heavy atom. The minimum atomic E-state index is -0.406. The average Bonchev–Trinajstić information content (AvgIpc) is 2.24. The van der Waals surface area contributed by atoms with E-state index in [0.717, 1.165) is 17.7 Å².